The van der Waals surface area contributed by atoms with E-state index in [-0.39, 0.29) is 11.5 Å². The number of hydrogen-bond acceptors (Lipinski definition) is 4. The van der Waals surface area contributed by atoms with Gasteiger partial charge >= 0.3 is 0 Å². The average Bonchev–Trinajstić information content (AvgIpc) is 3.26. The maximum atomic E-state index is 12.9. The molecule has 7 nitrogen and oxygen atoms in total. The first-order valence-electron chi connectivity index (χ1n) is 11.0. The van der Waals surface area contributed by atoms with Crippen molar-refractivity contribution in [1.82, 2.24) is 24.6 Å². The highest BCUT2D eigenvalue weighted by Crippen LogP contribution is 2.19. The van der Waals surface area contributed by atoms with Crippen molar-refractivity contribution in [2.24, 2.45) is 0 Å². The summed E-state index contributed by atoms with van der Waals surface area (Å²) in [6.45, 7) is 1.20. The molecule has 0 aliphatic carbocycles. The molecule has 0 fully saturated rings. The molecule has 0 unspecified atom stereocenters. The number of amides is 1. The van der Waals surface area contributed by atoms with Crippen LogP contribution < -0.4 is 10.9 Å². The molecule has 0 saturated carbocycles. The predicted octanol–water partition coefficient (Wildman–Crippen LogP) is 3.81. The van der Waals surface area contributed by atoms with Crippen LogP contribution in [-0.4, -0.2) is 31.8 Å². The van der Waals surface area contributed by atoms with Gasteiger partial charge in [-0.1, -0.05) is 66.2 Å². The Morgan fingerprint density at radius 2 is 1.76 bits per heavy atom. The number of nitrogens with zero attached hydrogens (tertiary/aromatic N) is 4. The first-order chi connectivity index (χ1) is 16.6. The summed E-state index contributed by atoms with van der Waals surface area (Å²) in [7, 11) is 0. The van der Waals surface area contributed by atoms with E-state index in [1.165, 1.54) is 12.5 Å². The van der Waals surface area contributed by atoms with Gasteiger partial charge in [0.15, 0.2) is 5.65 Å². The lowest BCUT2D eigenvalue weighted by atomic mass is 10.0. The molecular weight excluding hydrogens is 450 g/mol. The molecule has 3 aromatic carbocycles. The molecule has 5 aromatic rings. The summed E-state index contributed by atoms with van der Waals surface area (Å²) in [6.07, 6.45) is 3.35. The molecule has 0 bridgehead atoms. The lowest BCUT2D eigenvalue weighted by Gasteiger charge is -2.09. The number of aromatic nitrogens is 4. The zero-order valence-electron chi connectivity index (χ0n) is 18.3. The minimum atomic E-state index is -0.161. The molecule has 1 N–H and O–H groups in total. The predicted molar refractivity (Wildman–Crippen MR) is 133 cm³/mol. The largest absolute Gasteiger partial charge is 0.354 e. The number of rotatable bonds is 7. The first kappa shape index (κ1) is 21.9. The molecule has 0 spiro atoms. The van der Waals surface area contributed by atoms with Crippen molar-refractivity contribution in [1.29, 1.82) is 0 Å². The maximum Gasteiger partial charge on any atom is 0.264 e. The van der Waals surface area contributed by atoms with Crippen LogP contribution in [0.3, 0.4) is 0 Å². The lowest BCUT2D eigenvalue weighted by Crippen LogP contribution is -2.29. The van der Waals surface area contributed by atoms with E-state index in [0.717, 1.165) is 21.9 Å². The molecule has 2 aromatic heterocycles. The fourth-order valence-corrected chi connectivity index (χ4v) is 4.17. The molecule has 0 aliphatic heterocycles. The molecule has 170 valence electrons. The summed E-state index contributed by atoms with van der Waals surface area (Å²) < 4.78 is 3.19. The van der Waals surface area contributed by atoms with Gasteiger partial charge in [-0.25, -0.2) is 9.67 Å². The van der Waals surface area contributed by atoms with Crippen LogP contribution in [0.4, 0.5) is 0 Å². The molecule has 2 heterocycles. The van der Waals surface area contributed by atoms with Crippen molar-refractivity contribution in [2.75, 3.05) is 6.54 Å². The topological polar surface area (TPSA) is 81.8 Å². The SMILES string of the molecule is O=C(Cc1cccc2ccccc12)NCCn1ncc2c(=O)n(Cc3ccc(Cl)cc3)cnc21. The summed E-state index contributed by atoms with van der Waals surface area (Å²) in [5.41, 5.74) is 2.28. The van der Waals surface area contributed by atoms with E-state index in [0.29, 0.717) is 42.1 Å². The van der Waals surface area contributed by atoms with Gasteiger partial charge in [-0.05, 0) is 34.0 Å². The Labute approximate surface area is 200 Å². The van der Waals surface area contributed by atoms with Crippen LogP contribution in [0.1, 0.15) is 11.1 Å². The number of fused-ring (bicyclic) bond motifs is 2. The summed E-state index contributed by atoms with van der Waals surface area (Å²) >= 11 is 5.93. The summed E-state index contributed by atoms with van der Waals surface area (Å²) in [5, 5.41) is 10.5. The number of nitrogens with one attached hydrogen (secondary N) is 1. The third-order valence-corrected chi connectivity index (χ3v) is 6.02. The van der Waals surface area contributed by atoms with E-state index < -0.39 is 0 Å². The van der Waals surface area contributed by atoms with Crippen LogP contribution in [0, 0.1) is 0 Å². The minimum Gasteiger partial charge on any atom is -0.354 e. The van der Waals surface area contributed by atoms with Crippen molar-refractivity contribution >= 4 is 39.3 Å². The Balaban J connectivity index is 1.24. The molecular formula is C26H22ClN5O2. The maximum absolute atomic E-state index is 12.9. The van der Waals surface area contributed by atoms with Crippen molar-refractivity contribution in [3.05, 3.63) is 106 Å². The van der Waals surface area contributed by atoms with Crippen molar-refractivity contribution in [2.45, 2.75) is 19.5 Å². The minimum absolute atomic E-state index is 0.0638. The number of hydrogen-bond donors (Lipinski definition) is 1. The molecule has 5 rings (SSSR count). The van der Waals surface area contributed by atoms with Crippen LogP contribution >= 0.6 is 11.6 Å². The van der Waals surface area contributed by atoms with Crippen LogP contribution in [-0.2, 0) is 24.3 Å². The average molecular weight is 472 g/mol. The van der Waals surface area contributed by atoms with E-state index in [1.54, 1.807) is 21.4 Å². The second kappa shape index (κ2) is 9.49. The first-order valence-corrected chi connectivity index (χ1v) is 11.3. The van der Waals surface area contributed by atoms with E-state index in [1.807, 2.05) is 54.6 Å². The Morgan fingerprint density at radius 1 is 0.971 bits per heavy atom. The molecule has 34 heavy (non-hydrogen) atoms. The van der Waals surface area contributed by atoms with E-state index in [9.17, 15) is 9.59 Å². The second-order valence-electron chi connectivity index (χ2n) is 8.07. The number of carbonyl (C=O) groups is 1. The fraction of sp³-hybridized carbons (Fsp3) is 0.154. The highest BCUT2D eigenvalue weighted by atomic mass is 35.5. The summed E-state index contributed by atoms with van der Waals surface area (Å²) in [5.74, 6) is -0.0638. The van der Waals surface area contributed by atoms with Crippen molar-refractivity contribution < 1.29 is 4.79 Å². The van der Waals surface area contributed by atoms with Gasteiger partial charge in [0.2, 0.25) is 5.91 Å². The lowest BCUT2D eigenvalue weighted by molar-refractivity contribution is -0.120. The molecule has 0 atom stereocenters. The third-order valence-electron chi connectivity index (χ3n) is 5.77. The zero-order valence-corrected chi connectivity index (χ0v) is 19.1. The van der Waals surface area contributed by atoms with Gasteiger partial charge in [0, 0.05) is 11.6 Å². The highest BCUT2D eigenvalue weighted by Gasteiger charge is 2.11. The Morgan fingerprint density at radius 3 is 2.62 bits per heavy atom. The second-order valence-corrected chi connectivity index (χ2v) is 8.51. The van der Waals surface area contributed by atoms with Gasteiger partial charge in [-0.2, -0.15) is 5.10 Å². The van der Waals surface area contributed by atoms with Crippen molar-refractivity contribution in [3.63, 3.8) is 0 Å². The van der Waals surface area contributed by atoms with Crippen LogP contribution in [0.5, 0.6) is 0 Å². The summed E-state index contributed by atoms with van der Waals surface area (Å²) in [6, 6.07) is 21.3. The van der Waals surface area contributed by atoms with Gasteiger partial charge < -0.3 is 5.32 Å². The summed E-state index contributed by atoms with van der Waals surface area (Å²) in [4.78, 5) is 29.8. The van der Waals surface area contributed by atoms with Gasteiger partial charge in [0.05, 0.1) is 25.7 Å². The smallest absolute Gasteiger partial charge is 0.264 e. The van der Waals surface area contributed by atoms with Crippen LogP contribution in [0.15, 0.2) is 84.0 Å². The van der Waals surface area contributed by atoms with E-state index in [4.69, 9.17) is 11.6 Å². The number of halogens is 1. The standard InChI is InChI=1S/C26H22ClN5O2/c27-21-10-8-18(9-11-21)16-31-17-29-25-23(26(31)34)15-30-32(25)13-12-28-24(33)14-20-6-3-5-19-4-1-2-7-22(19)20/h1-11,15,17H,12-14,16H2,(H,28,33). The normalized spacial score (nSPS) is 11.2. The Hall–Kier alpha value is -3.97. The highest BCUT2D eigenvalue weighted by molar-refractivity contribution is 6.30. The van der Waals surface area contributed by atoms with Gasteiger partial charge in [0.25, 0.3) is 5.56 Å². The van der Waals surface area contributed by atoms with Crippen LogP contribution in [0.25, 0.3) is 21.8 Å². The molecule has 0 radical (unpaired) electrons. The fourth-order valence-electron chi connectivity index (χ4n) is 4.04. The Bertz CT molecular complexity index is 1530. The number of carbonyl (C=O) groups excluding carboxylic acids is 1. The zero-order chi connectivity index (χ0) is 23.5. The van der Waals surface area contributed by atoms with Crippen LogP contribution in [0.2, 0.25) is 5.02 Å². The van der Waals surface area contributed by atoms with E-state index in [2.05, 4.69) is 15.4 Å². The molecule has 1 amide bonds. The van der Waals surface area contributed by atoms with Crippen molar-refractivity contribution in [3.8, 4) is 0 Å². The third kappa shape index (κ3) is 4.56. The number of benzene rings is 3. The monoisotopic (exact) mass is 471 g/mol. The molecule has 0 aliphatic rings. The van der Waals surface area contributed by atoms with Gasteiger partial charge in [-0.3, -0.25) is 14.2 Å². The quantitative estimate of drug-likeness (QED) is 0.391. The molecule has 8 heteroatoms. The molecule has 0 saturated heterocycles. The van der Waals surface area contributed by atoms with Gasteiger partial charge in [0.1, 0.15) is 11.7 Å². The van der Waals surface area contributed by atoms with E-state index >= 15 is 0 Å². The Kier molecular flexibility index (Phi) is 6.10. The van der Waals surface area contributed by atoms with Gasteiger partial charge in [-0.15, -0.1) is 0 Å².